The van der Waals surface area contributed by atoms with E-state index in [4.69, 9.17) is 5.73 Å². The van der Waals surface area contributed by atoms with Crippen LogP contribution in [0.2, 0.25) is 0 Å². The Morgan fingerprint density at radius 1 is 1.20 bits per heavy atom. The number of hydrogen-bond donors (Lipinski definition) is 1. The molecular formula is C14H11FN2OS2. The highest BCUT2D eigenvalue weighted by atomic mass is 32.2. The van der Waals surface area contributed by atoms with Crippen molar-refractivity contribution in [2.24, 2.45) is 0 Å². The summed E-state index contributed by atoms with van der Waals surface area (Å²) in [4.78, 5) is 4.36. The van der Waals surface area contributed by atoms with Crippen LogP contribution < -0.4 is 5.73 Å². The van der Waals surface area contributed by atoms with Crippen molar-refractivity contribution in [3.8, 4) is 0 Å². The maximum Gasteiger partial charge on any atom is 0.182 e. The number of anilines is 1. The van der Waals surface area contributed by atoms with Gasteiger partial charge in [-0.3, -0.25) is 4.21 Å². The Balaban J connectivity index is 1.86. The molecule has 6 heteroatoms. The SMILES string of the molecule is Nc1ccc2nc(S(=O)Cc3ccc(F)cc3)sc2c1. The van der Waals surface area contributed by atoms with E-state index in [0.29, 0.717) is 15.8 Å². The minimum absolute atomic E-state index is 0.296. The fourth-order valence-corrected chi connectivity index (χ4v) is 4.19. The van der Waals surface area contributed by atoms with Gasteiger partial charge in [0, 0.05) is 5.69 Å². The normalized spacial score (nSPS) is 12.7. The smallest absolute Gasteiger partial charge is 0.182 e. The predicted octanol–water partition coefficient (Wildman–Crippen LogP) is 3.33. The van der Waals surface area contributed by atoms with Gasteiger partial charge in [0.15, 0.2) is 4.34 Å². The van der Waals surface area contributed by atoms with Crippen LogP contribution in [0.3, 0.4) is 0 Å². The lowest BCUT2D eigenvalue weighted by Crippen LogP contribution is -1.95. The Morgan fingerprint density at radius 2 is 1.95 bits per heavy atom. The van der Waals surface area contributed by atoms with E-state index in [2.05, 4.69) is 4.98 Å². The monoisotopic (exact) mass is 306 g/mol. The summed E-state index contributed by atoms with van der Waals surface area (Å²) in [7, 11) is -1.24. The molecule has 0 fully saturated rings. The van der Waals surface area contributed by atoms with Crippen molar-refractivity contribution in [3.63, 3.8) is 0 Å². The third-order valence-electron chi connectivity index (χ3n) is 2.80. The van der Waals surface area contributed by atoms with Crippen molar-refractivity contribution >= 4 is 38.0 Å². The topological polar surface area (TPSA) is 56.0 Å². The standard InChI is InChI=1S/C14H11FN2OS2/c15-10-3-1-9(2-4-10)8-20(18)14-17-12-6-5-11(16)7-13(12)19-14/h1-7H,8,16H2. The zero-order valence-electron chi connectivity index (χ0n) is 10.4. The second kappa shape index (κ2) is 5.30. The molecule has 1 unspecified atom stereocenters. The molecule has 0 aliphatic heterocycles. The van der Waals surface area contributed by atoms with Gasteiger partial charge >= 0.3 is 0 Å². The second-order valence-corrected chi connectivity index (χ2v) is 6.98. The van der Waals surface area contributed by atoms with Crippen LogP contribution in [0.4, 0.5) is 10.1 Å². The van der Waals surface area contributed by atoms with Gasteiger partial charge in [0.25, 0.3) is 0 Å². The molecule has 2 N–H and O–H groups in total. The minimum Gasteiger partial charge on any atom is -0.399 e. The molecule has 0 saturated heterocycles. The lowest BCUT2D eigenvalue weighted by Gasteiger charge is -1.98. The van der Waals surface area contributed by atoms with Crippen LogP contribution >= 0.6 is 11.3 Å². The first-order valence-electron chi connectivity index (χ1n) is 5.91. The summed E-state index contributed by atoms with van der Waals surface area (Å²) in [6.45, 7) is 0. The molecule has 2 aromatic carbocycles. The number of nitrogens with zero attached hydrogens (tertiary/aromatic N) is 1. The van der Waals surface area contributed by atoms with E-state index < -0.39 is 10.8 Å². The highest BCUT2D eigenvalue weighted by Crippen LogP contribution is 2.27. The number of fused-ring (bicyclic) bond motifs is 1. The van der Waals surface area contributed by atoms with E-state index in [-0.39, 0.29) is 5.82 Å². The van der Waals surface area contributed by atoms with Crippen LogP contribution in [-0.2, 0) is 16.6 Å². The van der Waals surface area contributed by atoms with E-state index in [1.165, 1.54) is 23.5 Å². The van der Waals surface area contributed by atoms with Gasteiger partial charge in [-0.15, -0.1) is 11.3 Å². The average molecular weight is 306 g/mol. The third-order valence-corrected chi connectivity index (χ3v) is 5.50. The molecule has 1 heterocycles. The van der Waals surface area contributed by atoms with Crippen LogP contribution in [0, 0.1) is 5.82 Å². The lowest BCUT2D eigenvalue weighted by atomic mass is 10.2. The first-order valence-corrected chi connectivity index (χ1v) is 8.04. The molecule has 3 rings (SSSR count). The molecular weight excluding hydrogens is 295 g/mol. The van der Waals surface area contributed by atoms with Gasteiger partial charge < -0.3 is 5.73 Å². The van der Waals surface area contributed by atoms with Crippen LogP contribution in [0.1, 0.15) is 5.56 Å². The van der Waals surface area contributed by atoms with Gasteiger partial charge in [-0.1, -0.05) is 12.1 Å². The molecule has 0 aliphatic rings. The molecule has 0 bridgehead atoms. The van der Waals surface area contributed by atoms with Crippen molar-refractivity contribution in [2.75, 3.05) is 5.73 Å². The van der Waals surface area contributed by atoms with Crippen molar-refractivity contribution < 1.29 is 8.60 Å². The summed E-state index contributed by atoms with van der Waals surface area (Å²) in [5, 5.41) is 0. The molecule has 102 valence electrons. The predicted molar refractivity (Wildman–Crippen MR) is 80.5 cm³/mol. The van der Waals surface area contributed by atoms with Gasteiger partial charge in [-0.25, -0.2) is 9.37 Å². The van der Waals surface area contributed by atoms with Crippen LogP contribution in [-0.4, -0.2) is 9.19 Å². The fourth-order valence-electron chi connectivity index (χ4n) is 1.81. The number of rotatable bonds is 3. The minimum atomic E-state index is -1.24. The molecule has 3 aromatic rings. The molecule has 0 saturated carbocycles. The van der Waals surface area contributed by atoms with Crippen molar-refractivity contribution in [2.45, 2.75) is 10.1 Å². The third kappa shape index (κ3) is 2.71. The molecule has 20 heavy (non-hydrogen) atoms. The lowest BCUT2D eigenvalue weighted by molar-refractivity contribution is 0.627. The Kier molecular flexibility index (Phi) is 3.50. The number of thiazole rings is 1. The first kappa shape index (κ1) is 13.2. The van der Waals surface area contributed by atoms with Crippen LogP contribution in [0.5, 0.6) is 0 Å². The number of aromatic nitrogens is 1. The highest BCUT2D eigenvalue weighted by Gasteiger charge is 2.11. The van der Waals surface area contributed by atoms with Crippen molar-refractivity contribution in [1.82, 2.24) is 4.98 Å². The number of hydrogen-bond acceptors (Lipinski definition) is 4. The van der Waals surface area contributed by atoms with Gasteiger partial charge in [0.05, 0.1) is 26.8 Å². The molecule has 0 radical (unpaired) electrons. The quantitative estimate of drug-likeness (QED) is 0.755. The fraction of sp³-hybridized carbons (Fsp3) is 0.0714. The molecule has 3 nitrogen and oxygen atoms in total. The average Bonchev–Trinajstić information content (AvgIpc) is 2.84. The van der Waals surface area contributed by atoms with Crippen LogP contribution in [0.25, 0.3) is 10.2 Å². The second-order valence-electron chi connectivity index (χ2n) is 4.32. The summed E-state index contributed by atoms with van der Waals surface area (Å²) in [5.41, 5.74) is 8.00. The van der Waals surface area contributed by atoms with Gasteiger partial charge in [0.1, 0.15) is 5.82 Å². The summed E-state index contributed by atoms with van der Waals surface area (Å²) < 4.78 is 26.6. The highest BCUT2D eigenvalue weighted by molar-refractivity contribution is 7.86. The maximum absolute atomic E-state index is 12.8. The Labute approximate surface area is 121 Å². The number of nitrogens with two attached hydrogens (primary N) is 1. The van der Waals surface area contributed by atoms with Gasteiger partial charge in [-0.05, 0) is 35.9 Å². The molecule has 0 amide bonds. The van der Waals surface area contributed by atoms with E-state index in [9.17, 15) is 8.60 Å². The molecule has 1 atom stereocenters. The summed E-state index contributed by atoms with van der Waals surface area (Å²) in [5.74, 6) is 0.0327. The van der Waals surface area contributed by atoms with E-state index in [1.54, 1.807) is 18.2 Å². The largest absolute Gasteiger partial charge is 0.399 e. The zero-order valence-corrected chi connectivity index (χ0v) is 12.0. The number of halogens is 1. The van der Waals surface area contributed by atoms with E-state index in [0.717, 1.165) is 15.8 Å². The van der Waals surface area contributed by atoms with E-state index >= 15 is 0 Å². The van der Waals surface area contributed by atoms with Crippen molar-refractivity contribution in [3.05, 3.63) is 53.8 Å². The first-order chi connectivity index (χ1) is 9.61. The van der Waals surface area contributed by atoms with E-state index in [1.807, 2.05) is 12.1 Å². The Bertz CT molecular complexity index is 783. The maximum atomic E-state index is 12.8. The summed E-state index contributed by atoms with van der Waals surface area (Å²) >= 11 is 1.38. The number of benzene rings is 2. The zero-order chi connectivity index (χ0) is 14.1. The summed E-state index contributed by atoms with van der Waals surface area (Å²) in [6.07, 6.45) is 0. The van der Waals surface area contributed by atoms with Crippen molar-refractivity contribution in [1.29, 1.82) is 0 Å². The molecule has 1 aromatic heterocycles. The van der Waals surface area contributed by atoms with Crippen LogP contribution in [0.15, 0.2) is 46.8 Å². The molecule has 0 aliphatic carbocycles. The van der Waals surface area contributed by atoms with Gasteiger partial charge in [-0.2, -0.15) is 0 Å². The molecule has 0 spiro atoms. The number of nitrogen functional groups attached to an aromatic ring is 1. The summed E-state index contributed by atoms with van der Waals surface area (Å²) in [6, 6.07) is 11.4. The Morgan fingerprint density at radius 3 is 2.70 bits per heavy atom. The Hall–Kier alpha value is -1.79. The van der Waals surface area contributed by atoms with Gasteiger partial charge in [0.2, 0.25) is 0 Å².